The molecule has 0 spiro atoms. The Hall–Kier alpha value is -1.40. The number of aliphatic hydroxyl groups is 2. The summed E-state index contributed by atoms with van der Waals surface area (Å²) in [5, 5.41) is 17.2. The molecule has 2 nitrogen and oxygen atoms in total. The maximum absolute atomic E-state index is 8.62. The quantitative estimate of drug-likeness (QED) is 0.528. The van der Waals surface area contributed by atoms with Gasteiger partial charge >= 0.3 is 0 Å². The van der Waals surface area contributed by atoms with Crippen molar-refractivity contribution in [2.24, 2.45) is 0 Å². The van der Waals surface area contributed by atoms with E-state index in [0.717, 1.165) is 51.4 Å². The van der Waals surface area contributed by atoms with Crippen molar-refractivity contribution in [1.29, 1.82) is 0 Å². The van der Waals surface area contributed by atoms with E-state index in [9.17, 15) is 0 Å². The summed E-state index contributed by atoms with van der Waals surface area (Å²) in [5.41, 5.74) is 0. The Bertz CT molecular complexity index is 379. The first kappa shape index (κ1) is 18.6. The van der Waals surface area contributed by atoms with E-state index in [-0.39, 0.29) is 6.61 Å². The molecular formula is C18H26O2. The molecular weight excluding hydrogens is 248 g/mol. The first-order valence-corrected chi connectivity index (χ1v) is 7.50. The van der Waals surface area contributed by atoms with Gasteiger partial charge in [0.15, 0.2) is 0 Å². The van der Waals surface area contributed by atoms with Crippen molar-refractivity contribution in [2.75, 3.05) is 13.2 Å². The third-order valence-corrected chi connectivity index (χ3v) is 2.65. The van der Waals surface area contributed by atoms with Gasteiger partial charge in [-0.2, -0.15) is 0 Å². The number of aliphatic hydroxyl groups excluding tert-OH is 2. The van der Waals surface area contributed by atoms with Gasteiger partial charge in [0.05, 0.1) is 12.8 Å². The van der Waals surface area contributed by atoms with Crippen molar-refractivity contribution in [2.45, 2.75) is 64.2 Å². The Labute approximate surface area is 124 Å². The van der Waals surface area contributed by atoms with Crippen LogP contribution in [0.25, 0.3) is 0 Å². The molecule has 0 saturated heterocycles. The summed E-state index contributed by atoms with van der Waals surface area (Å²) < 4.78 is 0. The van der Waals surface area contributed by atoms with Crippen LogP contribution in [-0.2, 0) is 0 Å². The molecule has 0 aliphatic carbocycles. The summed E-state index contributed by atoms with van der Waals surface area (Å²) in [4.78, 5) is 0. The van der Waals surface area contributed by atoms with Gasteiger partial charge in [-0.25, -0.2) is 0 Å². The second-order valence-corrected chi connectivity index (χ2v) is 4.48. The van der Waals surface area contributed by atoms with Crippen LogP contribution in [0.1, 0.15) is 64.2 Å². The molecule has 0 aliphatic heterocycles. The predicted molar refractivity (Wildman–Crippen MR) is 83.7 cm³/mol. The van der Waals surface area contributed by atoms with E-state index in [1.165, 1.54) is 0 Å². The highest BCUT2D eigenvalue weighted by Gasteiger charge is 1.86. The standard InChI is InChI=1S/C18H26O2/c19-17-15-13-11-9-7-5-3-1-2-4-6-8-10-12-14-16-18-20/h19-20H,1,6-7,9,11-18H2. The van der Waals surface area contributed by atoms with Gasteiger partial charge in [0.1, 0.15) is 0 Å². The van der Waals surface area contributed by atoms with Gasteiger partial charge in [-0.3, -0.25) is 0 Å². The van der Waals surface area contributed by atoms with Gasteiger partial charge in [0, 0.05) is 26.1 Å². The first-order valence-electron chi connectivity index (χ1n) is 7.50. The normalized spacial score (nSPS) is 8.70. The lowest BCUT2D eigenvalue weighted by Gasteiger charge is -1.93. The molecule has 0 bridgehead atoms. The average molecular weight is 274 g/mol. The van der Waals surface area contributed by atoms with Gasteiger partial charge in [-0.05, 0) is 25.7 Å². The molecule has 20 heavy (non-hydrogen) atoms. The highest BCUT2D eigenvalue weighted by molar-refractivity contribution is 5.16. The van der Waals surface area contributed by atoms with Crippen molar-refractivity contribution in [3.8, 4) is 35.5 Å². The highest BCUT2D eigenvalue weighted by atomic mass is 16.3. The van der Waals surface area contributed by atoms with Crippen LogP contribution >= 0.6 is 0 Å². The van der Waals surface area contributed by atoms with Gasteiger partial charge in [-0.1, -0.05) is 36.5 Å². The Kier molecular flexibility index (Phi) is 16.4. The number of hydrogen-bond donors (Lipinski definition) is 2. The van der Waals surface area contributed by atoms with Gasteiger partial charge in [0.2, 0.25) is 0 Å². The fourth-order valence-corrected chi connectivity index (χ4v) is 1.52. The minimum absolute atomic E-state index is 0.252. The molecule has 0 fully saturated rings. The fourth-order valence-electron chi connectivity index (χ4n) is 1.52. The largest absolute Gasteiger partial charge is 0.396 e. The number of hydrogen-bond acceptors (Lipinski definition) is 2. The maximum atomic E-state index is 8.62. The molecule has 0 unspecified atom stereocenters. The second kappa shape index (κ2) is 17.6. The number of rotatable bonds is 8. The maximum Gasteiger partial charge on any atom is 0.0702 e. The number of unbranched alkanes of at least 4 members (excludes halogenated alkanes) is 6. The molecule has 0 aromatic carbocycles. The van der Waals surface area contributed by atoms with Crippen LogP contribution in [-0.4, -0.2) is 23.4 Å². The molecule has 110 valence electrons. The Balaban J connectivity index is 3.40. The minimum Gasteiger partial charge on any atom is -0.396 e. The summed E-state index contributed by atoms with van der Waals surface area (Å²) in [6.45, 7) is 0.549. The molecule has 0 radical (unpaired) electrons. The molecule has 0 rings (SSSR count). The van der Waals surface area contributed by atoms with Crippen LogP contribution in [0.15, 0.2) is 0 Å². The fraction of sp³-hybridized carbons (Fsp3) is 0.667. The third kappa shape index (κ3) is 16.6. The van der Waals surface area contributed by atoms with Crippen LogP contribution in [0, 0.1) is 35.5 Å². The lowest BCUT2D eigenvalue weighted by Crippen LogP contribution is -1.82. The molecule has 0 heterocycles. The smallest absolute Gasteiger partial charge is 0.0702 e. The van der Waals surface area contributed by atoms with Crippen LogP contribution in [0.4, 0.5) is 0 Å². The van der Waals surface area contributed by atoms with Crippen molar-refractivity contribution in [1.82, 2.24) is 0 Å². The summed E-state index contributed by atoms with van der Waals surface area (Å²) in [5.74, 6) is 18.2. The Morgan fingerprint density at radius 2 is 0.850 bits per heavy atom. The van der Waals surface area contributed by atoms with E-state index in [4.69, 9.17) is 10.2 Å². The van der Waals surface area contributed by atoms with E-state index in [0.29, 0.717) is 19.4 Å². The van der Waals surface area contributed by atoms with Crippen molar-refractivity contribution in [3.05, 3.63) is 0 Å². The van der Waals surface area contributed by atoms with Crippen LogP contribution in [0.5, 0.6) is 0 Å². The molecule has 0 amide bonds. The highest BCUT2D eigenvalue weighted by Crippen LogP contribution is 2.01. The lowest BCUT2D eigenvalue weighted by atomic mass is 10.1. The summed E-state index contributed by atoms with van der Waals surface area (Å²) in [6.07, 6.45) is 9.05. The lowest BCUT2D eigenvalue weighted by molar-refractivity contribution is 0.282. The zero-order chi connectivity index (χ0) is 14.7. The van der Waals surface area contributed by atoms with E-state index in [1.807, 2.05) is 0 Å². The van der Waals surface area contributed by atoms with E-state index in [2.05, 4.69) is 35.5 Å². The predicted octanol–water partition coefficient (Wildman–Crippen LogP) is 2.88. The topological polar surface area (TPSA) is 40.5 Å². The Morgan fingerprint density at radius 3 is 1.40 bits per heavy atom. The molecule has 0 aliphatic rings. The third-order valence-electron chi connectivity index (χ3n) is 2.65. The summed E-state index contributed by atoms with van der Waals surface area (Å²) in [6, 6.07) is 0. The average Bonchev–Trinajstić information content (AvgIpc) is 2.47. The summed E-state index contributed by atoms with van der Waals surface area (Å²) in [7, 11) is 0. The molecule has 0 saturated carbocycles. The van der Waals surface area contributed by atoms with Crippen LogP contribution in [0.3, 0.4) is 0 Å². The van der Waals surface area contributed by atoms with Gasteiger partial charge in [0.25, 0.3) is 0 Å². The zero-order valence-electron chi connectivity index (χ0n) is 12.4. The monoisotopic (exact) mass is 274 g/mol. The van der Waals surface area contributed by atoms with E-state index in [1.54, 1.807) is 0 Å². The second-order valence-electron chi connectivity index (χ2n) is 4.48. The van der Waals surface area contributed by atoms with Gasteiger partial charge in [-0.15, -0.1) is 11.8 Å². The SMILES string of the molecule is OCCCCC#CCC#CCC#CCCCCCCO. The van der Waals surface area contributed by atoms with Crippen LogP contribution < -0.4 is 0 Å². The van der Waals surface area contributed by atoms with Crippen LogP contribution in [0.2, 0.25) is 0 Å². The minimum atomic E-state index is 0.252. The molecule has 2 heteroatoms. The first-order chi connectivity index (χ1) is 9.91. The van der Waals surface area contributed by atoms with Crippen molar-refractivity contribution in [3.63, 3.8) is 0 Å². The summed E-state index contributed by atoms with van der Waals surface area (Å²) >= 11 is 0. The van der Waals surface area contributed by atoms with E-state index >= 15 is 0 Å². The molecule has 0 aromatic rings. The molecule has 0 aromatic heterocycles. The molecule has 0 atom stereocenters. The Morgan fingerprint density at radius 1 is 0.450 bits per heavy atom. The zero-order valence-corrected chi connectivity index (χ0v) is 12.4. The van der Waals surface area contributed by atoms with Gasteiger partial charge < -0.3 is 10.2 Å². The molecule has 2 N–H and O–H groups in total. The van der Waals surface area contributed by atoms with E-state index < -0.39 is 0 Å². The van der Waals surface area contributed by atoms with Crippen molar-refractivity contribution >= 4 is 0 Å². The van der Waals surface area contributed by atoms with Crippen molar-refractivity contribution < 1.29 is 10.2 Å².